The molecule has 5 aliphatic rings. The van der Waals surface area contributed by atoms with Crippen molar-refractivity contribution in [2.45, 2.75) is 43.9 Å². The van der Waals surface area contributed by atoms with Crippen LogP contribution in [0.2, 0.25) is 0 Å². The minimum absolute atomic E-state index is 0.109. The van der Waals surface area contributed by atoms with Crippen molar-refractivity contribution < 1.29 is 9.53 Å². The number of thioether (sulfide) groups is 1. The Labute approximate surface area is 163 Å². The quantitative estimate of drug-likeness (QED) is 0.607. The minimum Gasteiger partial charge on any atom is -0.496 e. The molecule has 4 saturated carbocycles. The molecule has 0 atom stereocenters. The maximum absolute atomic E-state index is 12.1. The van der Waals surface area contributed by atoms with Crippen LogP contribution in [0.1, 0.15) is 49.7 Å². The molecule has 1 aliphatic heterocycles. The van der Waals surface area contributed by atoms with E-state index in [1.807, 2.05) is 6.08 Å². The molecule has 5 heteroatoms. The van der Waals surface area contributed by atoms with Gasteiger partial charge in [-0.2, -0.15) is 0 Å². The highest BCUT2D eigenvalue weighted by atomic mass is 32.2. The summed E-state index contributed by atoms with van der Waals surface area (Å²) in [4.78, 5) is 12.7. The zero-order valence-electron chi connectivity index (χ0n) is 14.9. The molecule has 1 aromatic carbocycles. The third-order valence-corrected chi connectivity index (χ3v) is 7.97. The number of hydrogen-bond donors (Lipinski definition) is 1. The van der Waals surface area contributed by atoms with Crippen LogP contribution in [0.5, 0.6) is 5.75 Å². The van der Waals surface area contributed by atoms with Crippen LogP contribution in [0.15, 0.2) is 23.1 Å². The van der Waals surface area contributed by atoms with Crippen molar-refractivity contribution >= 4 is 40.3 Å². The highest BCUT2D eigenvalue weighted by Crippen LogP contribution is 2.60. The van der Waals surface area contributed by atoms with E-state index in [4.69, 9.17) is 17.0 Å². The van der Waals surface area contributed by atoms with Crippen LogP contribution in [-0.4, -0.2) is 17.3 Å². The van der Waals surface area contributed by atoms with E-state index in [0.717, 1.165) is 29.1 Å². The first kappa shape index (κ1) is 16.8. The zero-order chi connectivity index (χ0) is 17.9. The highest BCUT2D eigenvalue weighted by molar-refractivity contribution is 8.26. The first-order chi connectivity index (χ1) is 12.5. The topological polar surface area (TPSA) is 38.3 Å². The summed E-state index contributed by atoms with van der Waals surface area (Å²) in [7, 11) is 1.69. The van der Waals surface area contributed by atoms with Crippen molar-refractivity contribution in [2.24, 2.45) is 17.8 Å². The van der Waals surface area contributed by atoms with Gasteiger partial charge in [0.05, 0.1) is 12.0 Å². The number of ether oxygens (including phenoxy) is 1. The van der Waals surface area contributed by atoms with Gasteiger partial charge in [-0.05, 0) is 85.5 Å². The standard InChI is InChI=1S/C21H23NO2S2/c1-24-17-3-2-16(7-15(17)8-18-19(23)22-20(25)26-18)21-9-12-4-13(10-21)6-14(5-12)11-21/h2-3,7-8,12-14H,4-6,9-11H2,1H3,(H,22,23,25)/b18-8-. The van der Waals surface area contributed by atoms with E-state index in [0.29, 0.717) is 14.6 Å². The van der Waals surface area contributed by atoms with Crippen molar-refractivity contribution in [2.75, 3.05) is 7.11 Å². The molecule has 1 heterocycles. The number of rotatable bonds is 3. The summed E-state index contributed by atoms with van der Waals surface area (Å²) in [6, 6.07) is 6.62. The molecular formula is C21H23NO2S2. The molecule has 0 unspecified atom stereocenters. The van der Waals surface area contributed by atoms with E-state index in [9.17, 15) is 4.79 Å². The maximum atomic E-state index is 12.1. The summed E-state index contributed by atoms with van der Waals surface area (Å²) in [6.07, 6.45) is 10.3. The fraction of sp³-hybridized carbons (Fsp3) is 0.524. The molecule has 6 rings (SSSR count). The molecule has 5 fully saturated rings. The lowest BCUT2D eigenvalue weighted by atomic mass is 9.48. The summed E-state index contributed by atoms with van der Waals surface area (Å²) in [5.74, 6) is 3.45. The molecule has 1 amide bonds. The van der Waals surface area contributed by atoms with Crippen molar-refractivity contribution in [3.05, 3.63) is 34.2 Å². The van der Waals surface area contributed by atoms with Gasteiger partial charge in [-0.15, -0.1) is 0 Å². The fourth-order valence-corrected chi connectivity index (χ4v) is 7.24. The number of thiocarbonyl (C=S) groups is 1. The normalized spacial score (nSPS) is 36.7. The van der Waals surface area contributed by atoms with Gasteiger partial charge >= 0.3 is 0 Å². The van der Waals surface area contributed by atoms with E-state index in [1.165, 1.54) is 55.9 Å². The van der Waals surface area contributed by atoms with Crippen LogP contribution in [0.25, 0.3) is 6.08 Å². The van der Waals surface area contributed by atoms with E-state index in [1.54, 1.807) is 7.11 Å². The molecule has 1 aromatic rings. The van der Waals surface area contributed by atoms with Crippen LogP contribution >= 0.6 is 24.0 Å². The smallest absolute Gasteiger partial charge is 0.263 e. The minimum atomic E-state index is -0.109. The number of hydrogen-bond acceptors (Lipinski definition) is 4. The summed E-state index contributed by atoms with van der Waals surface area (Å²) in [5, 5.41) is 2.69. The largest absolute Gasteiger partial charge is 0.496 e. The lowest BCUT2D eigenvalue weighted by Crippen LogP contribution is -2.48. The number of carbonyl (C=O) groups is 1. The first-order valence-electron chi connectivity index (χ1n) is 9.48. The summed E-state index contributed by atoms with van der Waals surface area (Å²) in [5.41, 5.74) is 2.77. The van der Waals surface area contributed by atoms with E-state index >= 15 is 0 Å². The summed E-state index contributed by atoms with van der Waals surface area (Å²) >= 11 is 6.44. The molecule has 1 saturated heterocycles. The van der Waals surface area contributed by atoms with Crippen molar-refractivity contribution in [1.29, 1.82) is 0 Å². The second-order valence-corrected chi connectivity index (χ2v) is 10.2. The van der Waals surface area contributed by atoms with Gasteiger partial charge in [-0.3, -0.25) is 4.79 Å². The van der Waals surface area contributed by atoms with Gasteiger partial charge in [-0.25, -0.2) is 0 Å². The second-order valence-electron chi connectivity index (χ2n) is 8.51. The van der Waals surface area contributed by atoms with Crippen LogP contribution in [0, 0.1) is 17.8 Å². The van der Waals surface area contributed by atoms with Crippen molar-refractivity contribution in [3.8, 4) is 5.75 Å². The van der Waals surface area contributed by atoms with Gasteiger partial charge in [-0.1, -0.05) is 30.0 Å². The van der Waals surface area contributed by atoms with Crippen molar-refractivity contribution in [3.63, 3.8) is 0 Å². The van der Waals surface area contributed by atoms with Crippen LogP contribution in [0.4, 0.5) is 0 Å². The number of carbonyl (C=O) groups excluding carboxylic acids is 1. The Kier molecular flexibility index (Phi) is 3.94. The molecule has 4 aliphatic carbocycles. The summed E-state index contributed by atoms with van der Waals surface area (Å²) < 4.78 is 6.10. The van der Waals surface area contributed by atoms with Gasteiger partial charge in [0, 0.05) is 5.56 Å². The Hall–Kier alpha value is -1.33. The third kappa shape index (κ3) is 2.71. The third-order valence-electron chi connectivity index (χ3n) is 6.81. The molecule has 0 spiro atoms. The maximum Gasteiger partial charge on any atom is 0.263 e. The number of benzene rings is 1. The molecule has 4 bridgehead atoms. The Balaban J connectivity index is 1.54. The SMILES string of the molecule is COc1ccc(C23CC4CC(CC(C4)C2)C3)cc1/C=C1\SC(=S)NC1=O. The predicted molar refractivity (Wildman–Crippen MR) is 109 cm³/mol. The number of amides is 1. The Morgan fingerprint density at radius 3 is 2.38 bits per heavy atom. The molecule has 136 valence electrons. The summed E-state index contributed by atoms with van der Waals surface area (Å²) in [6.45, 7) is 0. The van der Waals surface area contributed by atoms with E-state index < -0.39 is 0 Å². The Morgan fingerprint density at radius 1 is 1.19 bits per heavy atom. The van der Waals surface area contributed by atoms with Gasteiger partial charge < -0.3 is 10.1 Å². The molecule has 3 nitrogen and oxygen atoms in total. The van der Waals surface area contributed by atoms with Crippen LogP contribution in [-0.2, 0) is 10.2 Å². The molecule has 0 aromatic heterocycles. The highest BCUT2D eigenvalue weighted by Gasteiger charge is 2.51. The molecule has 26 heavy (non-hydrogen) atoms. The Morgan fingerprint density at radius 2 is 1.85 bits per heavy atom. The predicted octanol–water partition coefficient (Wildman–Crippen LogP) is 4.65. The van der Waals surface area contributed by atoms with Gasteiger partial charge in [0.1, 0.15) is 10.1 Å². The molecule has 0 radical (unpaired) electrons. The average molecular weight is 386 g/mol. The van der Waals surface area contributed by atoms with Crippen LogP contribution in [0.3, 0.4) is 0 Å². The van der Waals surface area contributed by atoms with Gasteiger partial charge in [0.25, 0.3) is 5.91 Å². The van der Waals surface area contributed by atoms with Gasteiger partial charge in [0.15, 0.2) is 0 Å². The van der Waals surface area contributed by atoms with Gasteiger partial charge in [0.2, 0.25) is 0 Å². The fourth-order valence-electron chi connectivity index (χ4n) is 6.20. The monoisotopic (exact) mass is 385 g/mol. The van der Waals surface area contributed by atoms with Crippen molar-refractivity contribution in [1.82, 2.24) is 5.32 Å². The van der Waals surface area contributed by atoms with Crippen LogP contribution < -0.4 is 10.1 Å². The number of nitrogens with one attached hydrogen (secondary N) is 1. The molecule has 1 N–H and O–H groups in total. The van der Waals surface area contributed by atoms with E-state index in [2.05, 4.69) is 23.5 Å². The second kappa shape index (κ2) is 6.10. The number of methoxy groups -OCH3 is 1. The zero-order valence-corrected chi connectivity index (χ0v) is 16.6. The first-order valence-corrected chi connectivity index (χ1v) is 10.7. The average Bonchev–Trinajstić information content (AvgIpc) is 2.91. The lowest BCUT2D eigenvalue weighted by molar-refractivity contribution is -0.115. The Bertz CT molecular complexity index is 794. The lowest BCUT2D eigenvalue weighted by Gasteiger charge is -2.57. The van der Waals surface area contributed by atoms with E-state index in [-0.39, 0.29) is 5.91 Å². The molecular weight excluding hydrogens is 362 g/mol.